The zero-order chi connectivity index (χ0) is 8.97. The van der Waals surface area contributed by atoms with Crippen LogP contribution in [0.2, 0.25) is 0 Å². The minimum atomic E-state index is 0. The van der Waals surface area contributed by atoms with Gasteiger partial charge in [-0.25, -0.2) is 0 Å². The molecule has 13 heavy (non-hydrogen) atoms. The van der Waals surface area contributed by atoms with Gasteiger partial charge in [-0.05, 0) is 25.0 Å². The first kappa shape index (κ1) is 12.1. The van der Waals surface area contributed by atoms with Crippen molar-refractivity contribution in [3.63, 3.8) is 0 Å². The lowest BCUT2D eigenvalue weighted by molar-refractivity contribution is 0.713. The summed E-state index contributed by atoms with van der Waals surface area (Å²) in [5.41, 5.74) is 8.07. The molecule has 0 fully saturated rings. The second-order valence-electron chi connectivity index (χ2n) is 3.05. The van der Waals surface area contributed by atoms with Gasteiger partial charge in [0, 0.05) is 18.4 Å². The highest BCUT2D eigenvalue weighted by molar-refractivity contribution is 5.85. The van der Waals surface area contributed by atoms with Crippen LogP contribution in [-0.4, -0.2) is 4.98 Å². The predicted molar refractivity (Wildman–Crippen MR) is 57.8 cm³/mol. The predicted octanol–water partition coefficient (Wildman–Crippen LogP) is 2.47. The van der Waals surface area contributed by atoms with Gasteiger partial charge in [-0.1, -0.05) is 11.6 Å². The minimum Gasteiger partial charge on any atom is -0.324 e. The number of rotatable bonds is 3. The number of aromatic nitrogens is 1. The average molecular weight is 199 g/mol. The minimum absolute atomic E-state index is 0. The molecule has 0 saturated carbocycles. The van der Waals surface area contributed by atoms with Crippen LogP contribution in [-0.2, 0) is 0 Å². The molecule has 1 atom stereocenters. The first-order chi connectivity index (χ1) is 5.70. The molecule has 1 aromatic heterocycles. The Kier molecular flexibility index (Phi) is 5.35. The lowest BCUT2D eigenvalue weighted by Crippen LogP contribution is -2.10. The lowest BCUT2D eigenvalue weighted by Gasteiger charge is -2.10. The fourth-order valence-corrected chi connectivity index (χ4v) is 1.09. The Morgan fingerprint density at radius 1 is 1.69 bits per heavy atom. The van der Waals surface area contributed by atoms with Crippen molar-refractivity contribution in [3.8, 4) is 0 Å². The topological polar surface area (TPSA) is 38.9 Å². The van der Waals surface area contributed by atoms with Crippen LogP contribution in [0.1, 0.15) is 24.9 Å². The quantitative estimate of drug-likeness (QED) is 0.758. The molecule has 0 bridgehead atoms. The molecule has 0 spiro atoms. The zero-order valence-electron chi connectivity index (χ0n) is 7.73. The maximum absolute atomic E-state index is 5.90. The van der Waals surface area contributed by atoms with E-state index in [2.05, 4.69) is 11.6 Å². The number of hydrogen-bond donors (Lipinski definition) is 1. The summed E-state index contributed by atoms with van der Waals surface area (Å²) in [5, 5.41) is 0. The zero-order valence-corrected chi connectivity index (χ0v) is 8.55. The molecule has 3 heteroatoms. The van der Waals surface area contributed by atoms with Crippen LogP contribution in [0.25, 0.3) is 0 Å². The molecule has 0 amide bonds. The molecule has 1 rings (SSSR count). The molecule has 0 radical (unpaired) electrons. The van der Waals surface area contributed by atoms with Crippen LogP contribution in [0.3, 0.4) is 0 Å². The van der Waals surface area contributed by atoms with E-state index in [-0.39, 0.29) is 18.4 Å². The van der Waals surface area contributed by atoms with Gasteiger partial charge in [-0.3, -0.25) is 4.98 Å². The van der Waals surface area contributed by atoms with Crippen LogP contribution in [0.5, 0.6) is 0 Å². The van der Waals surface area contributed by atoms with Crippen molar-refractivity contribution in [2.45, 2.75) is 19.4 Å². The fraction of sp³-hybridized carbons (Fsp3) is 0.300. The molecular weight excluding hydrogens is 184 g/mol. The van der Waals surface area contributed by atoms with Crippen molar-refractivity contribution in [1.82, 2.24) is 4.98 Å². The van der Waals surface area contributed by atoms with Gasteiger partial charge < -0.3 is 5.73 Å². The highest BCUT2D eigenvalue weighted by Gasteiger charge is 2.04. The third-order valence-corrected chi connectivity index (χ3v) is 1.68. The maximum Gasteiger partial charge on any atom is 0.0347 e. The SMILES string of the molecule is C=C(C)C[C@H](N)c1cccnc1.Cl. The first-order valence-electron chi connectivity index (χ1n) is 4.00. The van der Waals surface area contributed by atoms with Gasteiger partial charge in [0.15, 0.2) is 0 Å². The highest BCUT2D eigenvalue weighted by atomic mass is 35.5. The smallest absolute Gasteiger partial charge is 0.0347 e. The Labute approximate surface area is 85.3 Å². The van der Waals surface area contributed by atoms with Crippen LogP contribution < -0.4 is 5.73 Å². The highest BCUT2D eigenvalue weighted by Crippen LogP contribution is 2.15. The van der Waals surface area contributed by atoms with E-state index in [9.17, 15) is 0 Å². The van der Waals surface area contributed by atoms with Gasteiger partial charge >= 0.3 is 0 Å². The number of nitrogens with zero attached hydrogens (tertiary/aromatic N) is 1. The van der Waals surface area contributed by atoms with E-state index >= 15 is 0 Å². The molecular formula is C10H15ClN2. The Balaban J connectivity index is 0.00000144. The lowest BCUT2D eigenvalue weighted by atomic mass is 10.0. The summed E-state index contributed by atoms with van der Waals surface area (Å²) >= 11 is 0. The van der Waals surface area contributed by atoms with Gasteiger partial charge in [-0.2, -0.15) is 0 Å². The van der Waals surface area contributed by atoms with Crippen LogP contribution in [0.4, 0.5) is 0 Å². The average Bonchev–Trinajstić information content (AvgIpc) is 2.05. The summed E-state index contributed by atoms with van der Waals surface area (Å²) in [7, 11) is 0. The molecule has 1 heterocycles. The van der Waals surface area contributed by atoms with Gasteiger partial charge in [0.2, 0.25) is 0 Å². The van der Waals surface area contributed by atoms with Crippen molar-refractivity contribution < 1.29 is 0 Å². The monoisotopic (exact) mass is 198 g/mol. The number of pyridine rings is 1. The van der Waals surface area contributed by atoms with Crippen LogP contribution in [0.15, 0.2) is 36.7 Å². The summed E-state index contributed by atoms with van der Waals surface area (Å²) in [4.78, 5) is 4.00. The number of nitrogens with two attached hydrogens (primary N) is 1. The summed E-state index contributed by atoms with van der Waals surface area (Å²) in [5.74, 6) is 0. The Bertz CT molecular complexity index is 259. The Morgan fingerprint density at radius 2 is 2.38 bits per heavy atom. The molecule has 0 aliphatic rings. The van der Waals surface area contributed by atoms with Crippen molar-refractivity contribution in [1.29, 1.82) is 0 Å². The van der Waals surface area contributed by atoms with E-state index < -0.39 is 0 Å². The molecule has 0 unspecified atom stereocenters. The second-order valence-corrected chi connectivity index (χ2v) is 3.05. The van der Waals surface area contributed by atoms with Crippen LogP contribution >= 0.6 is 12.4 Å². The molecule has 2 nitrogen and oxygen atoms in total. The Hall–Kier alpha value is -0.860. The van der Waals surface area contributed by atoms with Crippen molar-refractivity contribution in [3.05, 3.63) is 42.2 Å². The summed E-state index contributed by atoms with van der Waals surface area (Å²) in [6.45, 7) is 5.80. The number of halogens is 1. The van der Waals surface area contributed by atoms with Gasteiger partial charge in [0.1, 0.15) is 0 Å². The molecule has 0 saturated heterocycles. The maximum atomic E-state index is 5.90. The number of hydrogen-bond acceptors (Lipinski definition) is 2. The molecule has 72 valence electrons. The summed E-state index contributed by atoms with van der Waals surface area (Å²) < 4.78 is 0. The van der Waals surface area contributed by atoms with E-state index in [1.165, 1.54) is 0 Å². The van der Waals surface area contributed by atoms with Crippen molar-refractivity contribution in [2.24, 2.45) is 5.73 Å². The van der Waals surface area contributed by atoms with E-state index in [4.69, 9.17) is 5.73 Å². The van der Waals surface area contributed by atoms with Gasteiger partial charge in [-0.15, -0.1) is 19.0 Å². The van der Waals surface area contributed by atoms with Crippen molar-refractivity contribution >= 4 is 12.4 Å². The normalized spacial score (nSPS) is 11.5. The molecule has 1 aromatic rings. The third kappa shape index (κ3) is 4.06. The fourth-order valence-electron chi connectivity index (χ4n) is 1.09. The van der Waals surface area contributed by atoms with E-state index in [0.717, 1.165) is 17.6 Å². The summed E-state index contributed by atoms with van der Waals surface area (Å²) in [6, 6.07) is 3.92. The van der Waals surface area contributed by atoms with Gasteiger partial charge in [0.25, 0.3) is 0 Å². The van der Waals surface area contributed by atoms with Crippen LogP contribution in [0, 0.1) is 0 Å². The second kappa shape index (κ2) is 5.73. The molecule has 0 aliphatic carbocycles. The third-order valence-electron chi connectivity index (χ3n) is 1.68. The molecule has 0 aliphatic heterocycles. The molecule has 2 N–H and O–H groups in total. The van der Waals surface area contributed by atoms with Gasteiger partial charge in [0.05, 0.1) is 0 Å². The Morgan fingerprint density at radius 3 is 2.85 bits per heavy atom. The van der Waals surface area contributed by atoms with E-state index in [1.54, 1.807) is 12.4 Å². The van der Waals surface area contributed by atoms with E-state index in [0.29, 0.717) is 0 Å². The first-order valence-corrected chi connectivity index (χ1v) is 4.00. The molecule has 0 aromatic carbocycles. The standard InChI is InChI=1S/C10H14N2.ClH/c1-8(2)6-10(11)9-4-3-5-12-7-9;/h3-5,7,10H,1,6,11H2,2H3;1H/t10-;/m0./s1. The van der Waals surface area contributed by atoms with E-state index in [1.807, 2.05) is 19.1 Å². The summed E-state index contributed by atoms with van der Waals surface area (Å²) in [6.07, 6.45) is 4.37. The largest absolute Gasteiger partial charge is 0.324 e. The van der Waals surface area contributed by atoms with Crippen molar-refractivity contribution in [2.75, 3.05) is 0 Å².